The lowest BCUT2D eigenvalue weighted by Crippen LogP contribution is -2.43. The molecule has 2 atom stereocenters. The highest BCUT2D eigenvalue weighted by molar-refractivity contribution is 5.81. The normalized spacial score (nSPS) is 15.7. The summed E-state index contributed by atoms with van der Waals surface area (Å²) >= 11 is 0. The van der Waals surface area contributed by atoms with Crippen LogP contribution in [0.5, 0.6) is 0 Å². The Bertz CT molecular complexity index is 330. The van der Waals surface area contributed by atoms with Crippen molar-refractivity contribution in [2.45, 2.75) is 65.7 Å². The Morgan fingerprint density at radius 1 is 1.10 bits per heavy atom. The van der Waals surface area contributed by atoms with E-state index in [1.54, 1.807) is 0 Å². The van der Waals surface area contributed by atoms with Gasteiger partial charge in [0.15, 0.2) is 0 Å². The maximum Gasteiger partial charge on any atom is 0.223 e. The van der Waals surface area contributed by atoms with Gasteiger partial charge in [0.2, 0.25) is 5.91 Å². The third-order valence-corrected chi connectivity index (χ3v) is 4.41. The molecule has 0 saturated carbocycles. The molecule has 0 aliphatic carbocycles. The van der Waals surface area contributed by atoms with Gasteiger partial charge in [-0.2, -0.15) is 0 Å². The fraction of sp³-hybridized carbons (Fsp3) is 0.875. The van der Waals surface area contributed by atoms with Crippen LogP contribution >= 0.6 is 0 Å². The molecule has 0 aliphatic heterocycles. The third kappa shape index (κ3) is 6.93. The first-order valence-corrected chi connectivity index (χ1v) is 8.09. The second-order valence-electron chi connectivity index (χ2n) is 6.68. The molecule has 0 fully saturated rings. The van der Waals surface area contributed by atoms with E-state index < -0.39 is 5.41 Å². The minimum absolute atomic E-state index is 0.173. The SMILES string of the molecule is CC(C)CC(C)C(CCCCN)(CCCC(=N)N)C(N)=O. The smallest absolute Gasteiger partial charge is 0.223 e. The zero-order chi connectivity index (χ0) is 16.5. The van der Waals surface area contributed by atoms with Gasteiger partial charge in [0, 0.05) is 6.42 Å². The molecule has 2 unspecified atom stereocenters. The highest BCUT2D eigenvalue weighted by Crippen LogP contribution is 2.41. The molecular weight excluding hydrogens is 264 g/mol. The van der Waals surface area contributed by atoms with Crippen LogP contribution < -0.4 is 17.2 Å². The first-order chi connectivity index (χ1) is 9.76. The molecule has 7 N–H and O–H groups in total. The minimum Gasteiger partial charge on any atom is -0.388 e. The van der Waals surface area contributed by atoms with Crippen LogP contribution in [0.4, 0.5) is 0 Å². The van der Waals surface area contributed by atoms with Crippen molar-refractivity contribution in [2.24, 2.45) is 34.5 Å². The summed E-state index contributed by atoms with van der Waals surface area (Å²) in [5.41, 5.74) is 16.3. The fourth-order valence-electron chi connectivity index (χ4n) is 3.22. The van der Waals surface area contributed by atoms with Crippen molar-refractivity contribution in [3.63, 3.8) is 0 Å². The molecule has 124 valence electrons. The molecule has 0 aromatic heterocycles. The standard InChI is InChI=1S/C16H34N4O/c1-12(2)11-13(3)16(15(20)21,8-4-5-10-17)9-6-7-14(18)19/h12-13H,4-11,17H2,1-3H3,(H3,18,19)(H2,20,21). The molecule has 0 aromatic rings. The van der Waals surface area contributed by atoms with Crippen LogP contribution in [0.2, 0.25) is 0 Å². The Morgan fingerprint density at radius 3 is 2.10 bits per heavy atom. The van der Waals surface area contributed by atoms with E-state index in [0.717, 1.165) is 32.1 Å². The van der Waals surface area contributed by atoms with E-state index in [-0.39, 0.29) is 17.7 Å². The Labute approximate surface area is 129 Å². The van der Waals surface area contributed by atoms with E-state index in [2.05, 4.69) is 20.8 Å². The predicted molar refractivity (Wildman–Crippen MR) is 88.9 cm³/mol. The molecule has 0 radical (unpaired) electrons. The molecule has 0 saturated heterocycles. The fourth-order valence-corrected chi connectivity index (χ4v) is 3.22. The number of unbranched alkanes of at least 4 members (excludes halogenated alkanes) is 1. The zero-order valence-electron chi connectivity index (χ0n) is 14.0. The number of hydrogen-bond acceptors (Lipinski definition) is 3. The van der Waals surface area contributed by atoms with Crippen molar-refractivity contribution in [3.05, 3.63) is 0 Å². The molecule has 1 amide bonds. The third-order valence-electron chi connectivity index (χ3n) is 4.41. The Balaban J connectivity index is 5.02. The Morgan fingerprint density at radius 2 is 1.67 bits per heavy atom. The zero-order valence-corrected chi connectivity index (χ0v) is 14.0. The Kier molecular flexibility index (Phi) is 9.26. The number of primary amides is 1. The topological polar surface area (TPSA) is 119 Å². The van der Waals surface area contributed by atoms with Crippen LogP contribution in [0.1, 0.15) is 65.7 Å². The van der Waals surface area contributed by atoms with Crippen LogP contribution in [0.3, 0.4) is 0 Å². The number of nitrogens with one attached hydrogen (secondary N) is 1. The quantitative estimate of drug-likeness (QED) is 0.251. The van der Waals surface area contributed by atoms with Crippen molar-refractivity contribution < 1.29 is 4.79 Å². The average Bonchev–Trinajstić information content (AvgIpc) is 2.35. The number of amides is 1. The highest BCUT2D eigenvalue weighted by Gasteiger charge is 2.40. The second kappa shape index (κ2) is 9.77. The molecule has 5 nitrogen and oxygen atoms in total. The number of amidine groups is 1. The van der Waals surface area contributed by atoms with Crippen LogP contribution in [0.25, 0.3) is 0 Å². The average molecular weight is 298 g/mol. The van der Waals surface area contributed by atoms with Crippen molar-refractivity contribution in [1.82, 2.24) is 0 Å². The van der Waals surface area contributed by atoms with Crippen molar-refractivity contribution >= 4 is 11.7 Å². The van der Waals surface area contributed by atoms with Crippen molar-refractivity contribution in [2.75, 3.05) is 6.54 Å². The first-order valence-electron chi connectivity index (χ1n) is 8.09. The van der Waals surface area contributed by atoms with E-state index in [1.807, 2.05) is 0 Å². The van der Waals surface area contributed by atoms with Gasteiger partial charge >= 0.3 is 0 Å². The van der Waals surface area contributed by atoms with Crippen LogP contribution in [0, 0.1) is 22.7 Å². The molecule has 0 rings (SSSR count). The number of carbonyl (C=O) groups excluding carboxylic acids is 1. The predicted octanol–water partition coefficient (Wildman–Crippen LogP) is 2.38. The van der Waals surface area contributed by atoms with Crippen molar-refractivity contribution in [3.8, 4) is 0 Å². The maximum absolute atomic E-state index is 12.2. The molecule has 21 heavy (non-hydrogen) atoms. The number of hydrogen-bond donors (Lipinski definition) is 4. The number of rotatable bonds is 12. The second-order valence-corrected chi connectivity index (χ2v) is 6.68. The lowest BCUT2D eigenvalue weighted by atomic mass is 9.66. The van der Waals surface area contributed by atoms with Gasteiger partial charge in [-0.25, -0.2) is 0 Å². The lowest BCUT2D eigenvalue weighted by molar-refractivity contribution is -0.132. The summed E-state index contributed by atoms with van der Waals surface area (Å²) in [5, 5.41) is 7.34. The first kappa shape index (κ1) is 19.9. The number of carbonyl (C=O) groups is 1. The molecular formula is C16H34N4O. The van der Waals surface area contributed by atoms with E-state index in [9.17, 15) is 4.79 Å². The monoisotopic (exact) mass is 298 g/mol. The van der Waals surface area contributed by atoms with Gasteiger partial charge < -0.3 is 17.2 Å². The summed E-state index contributed by atoms with van der Waals surface area (Å²) in [4.78, 5) is 12.2. The lowest BCUT2D eigenvalue weighted by Gasteiger charge is -2.38. The highest BCUT2D eigenvalue weighted by atomic mass is 16.1. The van der Waals surface area contributed by atoms with Crippen LogP contribution in [-0.2, 0) is 4.79 Å². The molecule has 0 aliphatic rings. The van der Waals surface area contributed by atoms with Gasteiger partial charge in [0.1, 0.15) is 0 Å². The van der Waals surface area contributed by atoms with Crippen LogP contribution in [-0.4, -0.2) is 18.3 Å². The van der Waals surface area contributed by atoms with E-state index in [4.69, 9.17) is 22.6 Å². The van der Waals surface area contributed by atoms with E-state index in [0.29, 0.717) is 25.3 Å². The summed E-state index contributed by atoms with van der Waals surface area (Å²) in [7, 11) is 0. The van der Waals surface area contributed by atoms with Gasteiger partial charge in [-0.3, -0.25) is 10.2 Å². The van der Waals surface area contributed by atoms with Gasteiger partial charge in [0.25, 0.3) is 0 Å². The van der Waals surface area contributed by atoms with E-state index >= 15 is 0 Å². The maximum atomic E-state index is 12.2. The van der Waals surface area contributed by atoms with Crippen molar-refractivity contribution in [1.29, 1.82) is 5.41 Å². The number of nitrogens with two attached hydrogens (primary N) is 3. The van der Waals surface area contributed by atoms with E-state index in [1.165, 1.54) is 0 Å². The summed E-state index contributed by atoms with van der Waals surface area (Å²) in [5.74, 6) is 0.726. The van der Waals surface area contributed by atoms with Crippen LogP contribution in [0.15, 0.2) is 0 Å². The van der Waals surface area contributed by atoms with Gasteiger partial charge in [-0.15, -0.1) is 0 Å². The van der Waals surface area contributed by atoms with Gasteiger partial charge in [0.05, 0.1) is 11.3 Å². The summed E-state index contributed by atoms with van der Waals surface area (Å²) in [6.45, 7) is 7.09. The molecule has 5 heteroatoms. The molecule has 0 bridgehead atoms. The molecule has 0 spiro atoms. The molecule has 0 aromatic carbocycles. The molecule has 0 heterocycles. The minimum atomic E-state index is -0.491. The summed E-state index contributed by atoms with van der Waals surface area (Å²) in [6, 6.07) is 0. The summed E-state index contributed by atoms with van der Waals surface area (Å²) < 4.78 is 0. The van der Waals surface area contributed by atoms with Gasteiger partial charge in [-0.05, 0) is 50.5 Å². The largest absolute Gasteiger partial charge is 0.388 e. The van der Waals surface area contributed by atoms with Gasteiger partial charge in [-0.1, -0.05) is 27.2 Å². The Hall–Kier alpha value is -1.10. The summed E-state index contributed by atoms with van der Waals surface area (Å²) in [6.07, 6.45) is 5.57.